The molecular formula is C15H22N2O3. The van der Waals surface area contributed by atoms with E-state index in [9.17, 15) is 9.90 Å². The molecule has 1 heterocycles. The third kappa shape index (κ3) is 3.87. The number of carbonyl (C=O) groups is 1. The number of piperazine rings is 1. The first-order valence-corrected chi connectivity index (χ1v) is 6.85. The van der Waals surface area contributed by atoms with Gasteiger partial charge >= 0.3 is 6.09 Å². The van der Waals surface area contributed by atoms with Gasteiger partial charge in [-0.25, -0.2) is 4.79 Å². The van der Waals surface area contributed by atoms with E-state index in [0.717, 1.165) is 12.1 Å². The van der Waals surface area contributed by atoms with Gasteiger partial charge < -0.3 is 20.1 Å². The minimum atomic E-state index is -0.476. The van der Waals surface area contributed by atoms with Crippen molar-refractivity contribution in [3.63, 3.8) is 0 Å². The highest BCUT2D eigenvalue weighted by molar-refractivity contribution is 5.68. The van der Waals surface area contributed by atoms with E-state index in [1.54, 1.807) is 17.0 Å². The topological polar surface area (TPSA) is 61.8 Å². The zero-order valence-corrected chi connectivity index (χ0v) is 12.2. The summed E-state index contributed by atoms with van der Waals surface area (Å²) in [6.07, 6.45) is -0.275. The van der Waals surface area contributed by atoms with Crippen molar-refractivity contribution < 1.29 is 14.6 Å². The van der Waals surface area contributed by atoms with Crippen LogP contribution < -0.4 is 5.32 Å². The maximum atomic E-state index is 12.1. The monoisotopic (exact) mass is 278 g/mol. The minimum absolute atomic E-state index is 0.0665. The van der Waals surface area contributed by atoms with Crippen LogP contribution in [0.2, 0.25) is 0 Å². The molecule has 5 nitrogen and oxygen atoms in total. The Morgan fingerprint density at radius 2 is 2.00 bits per heavy atom. The SMILES string of the molecule is CC(C)(C)OC(=O)N1CCNC(c2ccc(O)cc2)C1. The molecule has 0 spiro atoms. The van der Waals surface area contributed by atoms with Gasteiger partial charge in [-0.1, -0.05) is 12.1 Å². The highest BCUT2D eigenvalue weighted by Gasteiger charge is 2.27. The second-order valence-corrected chi connectivity index (χ2v) is 6.02. The Balaban J connectivity index is 2.01. The van der Waals surface area contributed by atoms with Crippen LogP contribution in [0.1, 0.15) is 32.4 Å². The summed E-state index contributed by atoms with van der Waals surface area (Å²) in [6, 6.07) is 7.11. The van der Waals surface area contributed by atoms with E-state index in [1.807, 2.05) is 32.9 Å². The van der Waals surface area contributed by atoms with Gasteiger partial charge in [0.1, 0.15) is 11.4 Å². The smallest absolute Gasteiger partial charge is 0.410 e. The fraction of sp³-hybridized carbons (Fsp3) is 0.533. The molecule has 20 heavy (non-hydrogen) atoms. The number of hydrogen-bond donors (Lipinski definition) is 2. The Morgan fingerprint density at radius 3 is 2.60 bits per heavy atom. The van der Waals surface area contributed by atoms with Gasteiger partial charge in [-0.05, 0) is 38.5 Å². The summed E-state index contributed by atoms with van der Waals surface area (Å²) in [5.41, 5.74) is 0.576. The average molecular weight is 278 g/mol. The lowest BCUT2D eigenvalue weighted by molar-refractivity contribution is 0.0195. The van der Waals surface area contributed by atoms with Crippen molar-refractivity contribution in [2.45, 2.75) is 32.4 Å². The highest BCUT2D eigenvalue weighted by atomic mass is 16.6. The van der Waals surface area contributed by atoms with E-state index in [1.165, 1.54) is 0 Å². The standard InChI is InChI=1S/C15H22N2O3/c1-15(2,3)20-14(19)17-9-8-16-13(10-17)11-4-6-12(18)7-5-11/h4-7,13,16,18H,8-10H2,1-3H3. The maximum absolute atomic E-state index is 12.1. The van der Waals surface area contributed by atoms with E-state index in [-0.39, 0.29) is 17.9 Å². The van der Waals surface area contributed by atoms with Gasteiger partial charge in [0.15, 0.2) is 0 Å². The number of nitrogens with zero attached hydrogens (tertiary/aromatic N) is 1. The third-order valence-corrected chi connectivity index (χ3v) is 3.12. The quantitative estimate of drug-likeness (QED) is 0.827. The number of phenols is 1. The summed E-state index contributed by atoms with van der Waals surface area (Å²) in [4.78, 5) is 13.8. The summed E-state index contributed by atoms with van der Waals surface area (Å²) in [7, 11) is 0. The number of phenolic OH excluding ortho intramolecular Hbond substituents is 1. The molecule has 2 N–H and O–H groups in total. The van der Waals surface area contributed by atoms with Crippen molar-refractivity contribution in [2.75, 3.05) is 19.6 Å². The zero-order chi connectivity index (χ0) is 14.8. The molecule has 2 rings (SSSR count). The van der Waals surface area contributed by atoms with E-state index >= 15 is 0 Å². The second-order valence-electron chi connectivity index (χ2n) is 6.02. The van der Waals surface area contributed by atoms with Crippen molar-refractivity contribution in [3.8, 4) is 5.75 Å². The molecule has 1 amide bonds. The van der Waals surface area contributed by atoms with Crippen LogP contribution in [0.3, 0.4) is 0 Å². The van der Waals surface area contributed by atoms with Gasteiger partial charge in [0.05, 0.1) is 6.04 Å². The summed E-state index contributed by atoms with van der Waals surface area (Å²) >= 11 is 0. The predicted octanol–water partition coefficient (Wildman–Crippen LogP) is 2.27. The first-order chi connectivity index (χ1) is 9.35. The third-order valence-electron chi connectivity index (χ3n) is 3.12. The van der Waals surface area contributed by atoms with Crippen molar-refractivity contribution in [3.05, 3.63) is 29.8 Å². The lowest BCUT2D eigenvalue weighted by atomic mass is 10.0. The van der Waals surface area contributed by atoms with Crippen LogP contribution in [0.25, 0.3) is 0 Å². The Morgan fingerprint density at radius 1 is 1.35 bits per heavy atom. The number of carbonyl (C=O) groups excluding carboxylic acids is 1. The highest BCUT2D eigenvalue weighted by Crippen LogP contribution is 2.21. The molecule has 1 aromatic rings. The van der Waals surface area contributed by atoms with Gasteiger partial charge in [-0.15, -0.1) is 0 Å². The van der Waals surface area contributed by atoms with Crippen LogP contribution in [0.15, 0.2) is 24.3 Å². The van der Waals surface area contributed by atoms with E-state index in [2.05, 4.69) is 5.32 Å². The molecule has 0 radical (unpaired) electrons. The van der Waals surface area contributed by atoms with E-state index in [4.69, 9.17) is 4.74 Å². The number of hydrogen-bond acceptors (Lipinski definition) is 4. The first kappa shape index (κ1) is 14.7. The number of amides is 1. The Bertz CT molecular complexity index is 465. The Kier molecular flexibility index (Phi) is 4.18. The molecule has 1 aliphatic rings. The summed E-state index contributed by atoms with van der Waals surface area (Å²) in [5.74, 6) is 0.244. The molecule has 110 valence electrons. The lowest BCUT2D eigenvalue weighted by Crippen LogP contribution is -2.49. The van der Waals surface area contributed by atoms with Crippen LogP contribution in [-0.4, -0.2) is 41.3 Å². The predicted molar refractivity (Wildman–Crippen MR) is 76.7 cm³/mol. The maximum Gasteiger partial charge on any atom is 0.410 e. The van der Waals surface area contributed by atoms with Crippen LogP contribution in [0, 0.1) is 0 Å². The molecule has 0 aliphatic carbocycles. The fourth-order valence-electron chi connectivity index (χ4n) is 2.17. The molecule has 1 aliphatic heterocycles. The fourth-order valence-corrected chi connectivity index (χ4v) is 2.17. The van der Waals surface area contributed by atoms with Crippen molar-refractivity contribution in [2.24, 2.45) is 0 Å². The molecule has 1 unspecified atom stereocenters. The van der Waals surface area contributed by atoms with Crippen LogP contribution >= 0.6 is 0 Å². The number of aromatic hydroxyl groups is 1. The van der Waals surface area contributed by atoms with Gasteiger partial charge in [0.2, 0.25) is 0 Å². The zero-order valence-electron chi connectivity index (χ0n) is 12.2. The largest absolute Gasteiger partial charge is 0.508 e. The van der Waals surface area contributed by atoms with Gasteiger partial charge in [0, 0.05) is 19.6 Å². The van der Waals surface area contributed by atoms with Gasteiger partial charge in [-0.3, -0.25) is 0 Å². The molecule has 0 aromatic heterocycles. The summed E-state index contributed by atoms with van der Waals surface area (Å²) in [6.45, 7) is 7.54. The lowest BCUT2D eigenvalue weighted by Gasteiger charge is -2.35. The second kappa shape index (κ2) is 5.71. The molecule has 1 atom stereocenters. The molecule has 1 saturated heterocycles. The number of rotatable bonds is 1. The van der Waals surface area contributed by atoms with Crippen molar-refractivity contribution in [1.82, 2.24) is 10.2 Å². The normalized spacial score (nSPS) is 19.8. The molecule has 1 fully saturated rings. The van der Waals surface area contributed by atoms with E-state index in [0.29, 0.717) is 13.1 Å². The van der Waals surface area contributed by atoms with Crippen LogP contribution in [-0.2, 0) is 4.74 Å². The van der Waals surface area contributed by atoms with Crippen molar-refractivity contribution in [1.29, 1.82) is 0 Å². The summed E-state index contributed by atoms with van der Waals surface area (Å²) in [5, 5.41) is 12.7. The van der Waals surface area contributed by atoms with Crippen molar-refractivity contribution >= 4 is 6.09 Å². The Hall–Kier alpha value is -1.75. The molecular weight excluding hydrogens is 256 g/mol. The van der Waals surface area contributed by atoms with E-state index < -0.39 is 5.60 Å². The molecule has 0 saturated carbocycles. The van der Waals surface area contributed by atoms with Gasteiger partial charge in [0.25, 0.3) is 0 Å². The Labute approximate surface area is 119 Å². The number of benzene rings is 1. The molecule has 1 aromatic carbocycles. The number of ether oxygens (including phenoxy) is 1. The summed E-state index contributed by atoms with van der Waals surface area (Å²) < 4.78 is 5.40. The minimum Gasteiger partial charge on any atom is -0.508 e. The average Bonchev–Trinajstić information content (AvgIpc) is 2.38. The first-order valence-electron chi connectivity index (χ1n) is 6.85. The molecule has 5 heteroatoms. The van der Waals surface area contributed by atoms with Gasteiger partial charge in [-0.2, -0.15) is 0 Å². The van der Waals surface area contributed by atoms with Crippen LogP contribution in [0.4, 0.5) is 4.79 Å². The van der Waals surface area contributed by atoms with Crippen LogP contribution in [0.5, 0.6) is 5.75 Å². The number of nitrogens with one attached hydrogen (secondary N) is 1. The molecule has 0 bridgehead atoms.